The van der Waals surface area contributed by atoms with E-state index in [1.54, 1.807) is 6.92 Å². The number of nitrogens with zero attached hydrogens (tertiary/aromatic N) is 3. The standard InChI is InChI=1S/C19H14Cl2F3N3O3/c1-2-27-11(8-26-9-25-7-15(26)19(22,23)24)6-14(28)16(18(29)30)17(27)10-3-4-12(20)13(21)5-10/h3-7,9H,2,8H2,1H3,(H,29,30). The number of benzene rings is 1. The Morgan fingerprint density at radius 2 is 1.90 bits per heavy atom. The van der Waals surface area contributed by atoms with Gasteiger partial charge in [0.25, 0.3) is 0 Å². The molecule has 0 amide bonds. The first kappa shape index (κ1) is 21.9. The summed E-state index contributed by atoms with van der Waals surface area (Å²) in [5, 5.41) is 9.98. The number of hydrogen-bond acceptors (Lipinski definition) is 3. The molecule has 2 heterocycles. The predicted molar refractivity (Wildman–Crippen MR) is 105 cm³/mol. The molecule has 2 aromatic heterocycles. The van der Waals surface area contributed by atoms with Crippen LogP contribution >= 0.6 is 23.2 Å². The second-order valence-corrected chi connectivity index (χ2v) is 7.12. The molecule has 0 radical (unpaired) electrons. The van der Waals surface area contributed by atoms with Crippen molar-refractivity contribution in [3.05, 3.63) is 74.0 Å². The van der Waals surface area contributed by atoms with Gasteiger partial charge in [0.05, 0.1) is 34.8 Å². The van der Waals surface area contributed by atoms with Crippen molar-refractivity contribution >= 4 is 29.2 Å². The third kappa shape index (κ3) is 4.08. The summed E-state index contributed by atoms with van der Waals surface area (Å²) in [6.07, 6.45) is -2.96. The molecular weight excluding hydrogens is 446 g/mol. The second-order valence-electron chi connectivity index (χ2n) is 6.31. The summed E-state index contributed by atoms with van der Waals surface area (Å²) < 4.78 is 41.9. The minimum atomic E-state index is -4.64. The average molecular weight is 460 g/mol. The SMILES string of the molecule is CCn1c(Cn2cncc2C(F)(F)F)cc(=O)c(C(=O)O)c1-c1ccc(Cl)c(Cl)c1. The van der Waals surface area contributed by atoms with Gasteiger partial charge >= 0.3 is 12.1 Å². The summed E-state index contributed by atoms with van der Waals surface area (Å²) in [4.78, 5) is 28.0. The smallest absolute Gasteiger partial charge is 0.433 e. The van der Waals surface area contributed by atoms with Gasteiger partial charge in [-0.15, -0.1) is 0 Å². The Hall–Kier alpha value is -2.78. The molecule has 0 fully saturated rings. The Morgan fingerprint density at radius 3 is 2.47 bits per heavy atom. The number of pyridine rings is 1. The maximum absolute atomic E-state index is 13.2. The number of imidazole rings is 1. The molecule has 0 bridgehead atoms. The Balaban J connectivity index is 2.28. The summed E-state index contributed by atoms with van der Waals surface area (Å²) in [5.74, 6) is -1.46. The molecule has 1 aromatic carbocycles. The number of aromatic carboxylic acids is 1. The van der Waals surface area contributed by atoms with Crippen LogP contribution in [0.4, 0.5) is 13.2 Å². The van der Waals surface area contributed by atoms with E-state index in [4.69, 9.17) is 23.2 Å². The lowest BCUT2D eigenvalue weighted by Crippen LogP contribution is -2.25. The van der Waals surface area contributed by atoms with Crippen molar-refractivity contribution in [1.29, 1.82) is 0 Å². The van der Waals surface area contributed by atoms with E-state index in [-0.39, 0.29) is 34.5 Å². The third-order valence-electron chi connectivity index (χ3n) is 4.46. The first-order valence-corrected chi connectivity index (χ1v) is 9.33. The van der Waals surface area contributed by atoms with Crippen LogP contribution in [0.25, 0.3) is 11.3 Å². The fourth-order valence-electron chi connectivity index (χ4n) is 3.20. The highest BCUT2D eigenvalue weighted by Crippen LogP contribution is 2.32. The van der Waals surface area contributed by atoms with Gasteiger partial charge < -0.3 is 14.2 Å². The number of hydrogen-bond donors (Lipinski definition) is 1. The fourth-order valence-corrected chi connectivity index (χ4v) is 3.49. The quantitative estimate of drug-likeness (QED) is 0.594. The normalized spacial score (nSPS) is 11.7. The van der Waals surface area contributed by atoms with Crippen LogP contribution < -0.4 is 5.43 Å². The molecule has 0 aliphatic heterocycles. The molecule has 0 unspecified atom stereocenters. The molecule has 0 atom stereocenters. The highest BCUT2D eigenvalue weighted by molar-refractivity contribution is 6.42. The van der Waals surface area contributed by atoms with Gasteiger partial charge in [0.15, 0.2) is 5.43 Å². The maximum Gasteiger partial charge on any atom is 0.433 e. The van der Waals surface area contributed by atoms with Crippen LogP contribution in [0.2, 0.25) is 10.0 Å². The molecule has 1 N–H and O–H groups in total. The minimum Gasteiger partial charge on any atom is -0.477 e. The van der Waals surface area contributed by atoms with Crippen molar-refractivity contribution in [2.24, 2.45) is 0 Å². The van der Waals surface area contributed by atoms with Crippen LogP contribution in [-0.4, -0.2) is 25.2 Å². The number of aromatic nitrogens is 3. The van der Waals surface area contributed by atoms with E-state index in [2.05, 4.69) is 4.98 Å². The molecule has 0 saturated carbocycles. The van der Waals surface area contributed by atoms with Gasteiger partial charge in [0, 0.05) is 23.9 Å². The molecule has 11 heteroatoms. The zero-order valence-corrected chi connectivity index (χ0v) is 16.9. The van der Waals surface area contributed by atoms with Crippen molar-refractivity contribution in [3.8, 4) is 11.3 Å². The predicted octanol–water partition coefficient (Wildman–Crippen LogP) is 4.80. The lowest BCUT2D eigenvalue weighted by Gasteiger charge is -2.21. The van der Waals surface area contributed by atoms with Crippen LogP contribution in [0.3, 0.4) is 0 Å². The topological polar surface area (TPSA) is 77.1 Å². The Morgan fingerprint density at radius 1 is 1.20 bits per heavy atom. The third-order valence-corrected chi connectivity index (χ3v) is 5.19. The van der Waals surface area contributed by atoms with Crippen LogP contribution in [-0.2, 0) is 19.3 Å². The van der Waals surface area contributed by atoms with Crippen LogP contribution in [0, 0.1) is 0 Å². The molecule has 30 heavy (non-hydrogen) atoms. The Kier molecular flexibility index (Phi) is 5.96. The summed E-state index contributed by atoms with van der Waals surface area (Å²) in [7, 11) is 0. The molecule has 3 aromatic rings. The second kappa shape index (κ2) is 8.16. The number of carboxylic acids is 1. The Labute approximate surface area is 178 Å². The van der Waals surface area contributed by atoms with Crippen LogP contribution in [0.15, 0.2) is 41.6 Å². The largest absolute Gasteiger partial charge is 0.477 e. The average Bonchev–Trinajstić information content (AvgIpc) is 3.12. The summed E-state index contributed by atoms with van der Waals surface area (Å²) in [6, 6.07) is 5.36. The van der Waals surface area contributed by atoms with Crippen molar-refractivity contribution in [2.75, 3.05) is 0 Å². The summed E-state index contributed by atoms with van der Waals surface area (Å²) >= 11 is 12.0. The molecule has 0 spiro atoms. The van der Waals surface area contributed by atoms with E-state index in [1.165, 1.54) is 22.8 Å². The fraction of sp³-hybridized carbons (Fsp3) is 0.211. The molecular formula is C19H14Cl2F3N3O3. The van der Waals surface area contributed by atoms with Gasteiger partial charge in [-0.2, -0.15) is 13.2 Å². The number of carboxylic acid groups (broad SMARTS) is 1. The first-order valence-electron chi connectivity index (χ1n) is 8.57. The van der Waals surface area contributed by atoms with Gasteiger partial charge in [-0.05, 0) is 19.1 Å². The first-order chi connectivity index (χ1) is 14.0. The molecule has 6 nitrogen and oxygen atoms in total. The highest BCUT2D eigenvalue weighted by atomic mass is 35.5. The van der Waals surface area contributed by atoms with E-state index >= 15 is 0 Å². The van der Waals surface area contributed by atoms with Crippen molar-refractivity contribution in [3.63, 3.8) is 0 Å². The lowest BCUT2D eigenvalue weighted by atomic mass is 10.0. The van der Waals surface area contributed by atoms with Gasteiger partial charge in [0.1, 0.15) is 11.3 Å². The molecule has 158 valence electrons. The monoisotopic (exact) mass is 459 g/mol. The van der Waals surface area contributed by atoms with E-state index in [0.29, 0.717) is 11.8 Å². The van der Waals surface area contributed by atoms with E-state index in [9.17, 15) is 27.9 Å². The number of alkyl halides is 3. The lowest BCUT2D eigenvalue weighted by molar-refractivity contribution is -0.143. The van der Waals surface area contributed by atoms with E-state index < -0.39 is 28.8 Å². The van der Waals surface area contributed by atoms with Gasteiger partial charge in [-0.25, -0.2) is 9.78 Å². The van der Waals surface area contributed by atoms with Gasteiger partial charge in [-0.3, -0.25) is 4.79 Å². The summed E-state index contributed by atoms with van der Waals surface area (Å²) in [5.41, 5.74) is -1.84. The Bertz CT molecular complexity index is 1190. The van der Waals surface area contributed by atoms with Gasteiger partial charge in [-0.1, -0.05) is 29.3 Å². The van der Waals surface area contributed by atoms with E-state index in [1.807, 2.05) is 0 Å². The molecule has 0 aliphatic rings. The zero-order chi connectivity index (χ0) is 22.2. The van der Waals surface area contributed by atoms with Crippen LogP contribution in [0.5, 0.6) is 0 Å². The van der Waals surface area contributed by atoms with E-state index in [0.717, 1.165) is 17.0 Å². The zero-order valence-electron chi connectivity index (χ0n) is 15.4. The van der Waals surface area contributed by atoms with Crippen molar-refractivity contribution in [2.45, 2.75) is 26.2 Å². The summed E-state index contributed by atoms with van der Waals surface area (Å²) in [6.45, 7) is 1.52. The number of halogens is 5. The highest BCUT2D eigenvalue weighted by Gasteiger charge is 2.35. The van der Waals surface area contributed by atoms with Crippen molar-refractivity contribution in [1.82, 2.24) is 14.1 Å². The minimum absolute atomic E-state index is 0.0275. The number of carbonyl (C=O) groups is 1. The number of rotatable bonds is 5. The van der Waals surface area contributed by atoms with Crippen LogP contribution in [0.1, 0.15) is 28.7 Å². The molecule has 0 saturated heterocycles. The maximum atomic E-state index is 13.2. The van der Waals surface area contributed by atoms with Crippen molar-refractivity contribution < 1.29 is 23.1 Å². The van der Waals surface area contributed by atoms with Gasteiger partial charge in [0.2, 0.25) is 0 Å². The molecule has 0 aliphatic carbocycles. The molecule has 3 rings (SSSR count).